The van der Waals surface area contributed by atoms with Crippen LogP contribution in [0.1, 0.15) is 24.0 Å². The van der Waals surface area contributed by atoms with E-state index in [1.54, 1.807) is 23.4 Å². The number of nitrogens with zero attached hydrogens (tertiary/aromatic N) is 3. The molecule has 0 aliphatic carbocycles. The van der Waals surface area contributed by atoms with Gasteiger partial charge in [0.1, 0.15) is 12.6 Å². The fourth-order valence-corrected chi connectivity index (χ4v) is 4.22. The van der Waals surface area contributed by atoms with Crippen molar-refractivity contribution in [3.63, 3.8) is 0 Å². The number of carbonyl (C=O) groups excluding carboxylic acids is 3. The number of carbonyl (C=O) groups is 3. The summed E-state index contributed by atoms with van der Waals surface area (Å²) >= 11 is 0. The molecular weight excluding hydrogens is 394 g/mol. The maximum absolute atomic E-state index is 13.2. The third-order valence-electron chi connectivity index (χ3n) is 5.79. The summed E-state index contributed by atoms with van der Waals surface area (Å²) in [5.74, 6) is -0.455. The highest BCUT2D eigenvalue weighted by Gasteiger charge is 2.47. The van der Waals surface area contributed by atoms with E-state index in [9.17, 15) is 14.4 Å². The molecule has 2 aliphatic heterocycles. The second-order valence-electron chi connectivity index (χ2n) is 7.92. The monoisotopic (exact) mass is 421 g/mol. The summed E-state index contributed by atoms with van der Waals surface area (Å²) in [5.41, 5.74) is 1.91. The number of rotatable bonds is 7. The zero-order valence-electron chi connectivity index (χ0n) is 17.4. The molecule has 2 aliphatic rings. The first-order valence-corrected chi connectivity index (χ1v) is 10.7. The van der Waals surface area contributed by atoms with Gasteiger partial charge in [-0.05, 0) is 43.0 Å². The van der Waals surface area contributed by atoms with Gasteiger partial charge >= 0.3 is 6.03 Å². The van der Waals surface area contributed by atoms with Crippen molar-refractivity contribution in [1.82, 2.24) is 25.4 Å². The highest BCUT2D eigenvalue weighted by Crippen LogP contribution is 2.25. The molecule has 0 bridgehead atoms. The molecule has 8 heteroatoms. The Kier molecular flexibility index (Phi) is 6.57. The minimum absolute atomic E-state index is 0.0622. The van der Waals surface area contributed by atoms with Crippen LogP contribution in [0.25, 0.3) is 0 Å². The number of fused-ring (bicyclic) bond motifs is 1. The number of imide groups is 1. The van der Waals surface area contributed by atoms with Crippen molar-refractivity contribution >= 4 is 17.8 Å². The third kappa shape index (κ3) is 4.91. The third-order valence-corrected chi connectivity index (χ3v) is 5.79. The lowest BCUT2D eigenvalue weighted by Gasteiger charge is -2.46. The van der Waals surface area contributed by atoms with Gasteiger partial charge in [-0.15, -0.1) is 0 Å². The molecule has 0 radical (unpaired) electrons. The number of piperidine rings is 1. The Labute approximate surface area is 181 Å². The Morgan fingerprint density at radius 3 is 2.71 bits per heavy atom. The molecular formula is C23H27N5O3. The van der Waals surface area contributed by atoms with Crippen LogP contribution in [0.15, 0.2) is 54.9 Å². The van der Waals surface area contributed by atoms with Crippen LogP contribution in [-0.2, 0) is 22.6 Å². The molecule has 0 spiro atoms. The predicted molar refractivity (Wildman–Crippen MR) is 115 cm³/mol. The van der Waals surface area contributed by atoms with E-state index in [1.165, 1.54) is 4.90 Å². The van der Waals surface area contributed by atoms with Gasteiger partial charge in [-0.2, -0.15) is 0 Å². The molecule has 1 aromatic heterocycles. The van der Waals surface area contributed by atoms with Crippen molar-refractivity contribution in [3.8, 4) is 0 Å². The molecule has 3 heterocycles. The Morgan fingerprint density at radius 2 is 1.94 bits per heavy atom. The normalized spacial score (nSPS) is 21.0. The lowest BCUT2D eigenvalue weighted by molar-refractivity contribution is -0.139. The summed E-state index contributed by atoms with van der Waals surface area (Å²) in [6.45, 7) is 1.30. The van der Waals surface area contributed by atoms with Crippen LogP contribution in [0.3, 0.4) is 0 Å². The summed E-state index contributed by atoms with van der Waals surface area (Å²) in [4.78, 5) is 45.7. The summed E-state index contributed by atoms with van der Waals surface area (Å²) in [7, 11) is 0. The Morgan fingerprint density at radius 1 is 1.13 bits per heavy atom. The van der Waals surface area contributed by atoms with E-state index in [4.69, 9.17) is 0 Å². The van der Waals surface area contributed by atoms with E-state index < -0.39 is 12.1 Å². The minimum Gasteiger partial charge on any atom is -0.354 e. The molecule has 8 nitrogen and oxygen atoms in total. The van der Waals surface area contributed by atoms with Crippen LogP contribution in [0, 0.1) is 0 Å². The Bertz CT molecular complexity index is 921. The van der Waals surface area contributed by atoms with Crippen molar-refractivity contribution in [3.05, 3.63) is 66.0 Å². The molecule has 0 saturated carbocycles. The quantitative estimate of drug-likeness (QED) is 0.703. The van der Waals surface area contributed by atoms with Crippen molar-refractivity contribution in [2.75, 3.05) is 19.6 Å². The molecule has 2 fully saturated rings. The van der Waals surface area contributed by atoms with Crippen LogP contribution >= 0.6 is 0 Å². The number of amides is 4. The van der Waals surface area contributed by atoms with Gasteiger partial charge < -0.3 is 15.5 Å². The highest BCUT2D eigenvalue weighted by atomic mass is 16.2. The predicted octanol–water partition coefficient (Wildman–Crippen LogP) is 1.33. The molecule has 2 saturated heterocycles. The summed E-state index contributed by atoms with van der Waals surface area (Å²) in [5, 5.41) is 6.15. The zero-order valence-corrected chi connectivity index (χ0v) is 17.4. The van der Waals surface area contributed by atoms with Gasteiger partial charge in [0, 0.05) is 18.9 Å². The number of hydrogen-bond acceptors (Lipinski definition) is 5. The average Bonchev–Trinajstić information content (AvgIpc) is 2.81. The Balaban J connectivity index is 1.43. The second-order valence-corrected chi connectivity index (χ2v) is 7.92. The van der Waals surface area contributed by atoms with Gasteiger partial charge in [0.2, 0.25) is 11.8 Å². The number of pyridine rings is 1. The average molecular weight is 422 g/mol. The van der Waals surface area contributed by atoms with Crippen molar-refractivity contribution < 1.29 is 14.4 Å². The number of aromatic nitrogens is 1. The van der Waals surface area contributed by atoms with Crippen LogP contribution < -0.4 is 10.6 Å². The standard InChI is InChI=1S/C23H27N5O3/c29-20(25-13-10-17-6-2-1-3-7-17)16-27-19-9-5-12-26-21(19)22(30)28(23(27)31)15-18-8-4-11-24-14-18/h1-4,6-8,11,14,19,21,26H,5,9-10,12-13,15-16H2,(H,25,29). The zero-order chi connectivity index (χ0) is 21.6. The van der Waals surface area contributed by atoms with E-state index in [2.05, 4.69) is 15.6 Å². The first-order chi connectivity index (χ1) is 15.1. The fraction of sp³-hybridized carbons (Fsp3) is 0.391. The van der Waals surface area contributed by atoms with E-state index in [-0.39, 0.29) is 30.9 Å². The highest BCUT2D eigenvalue weighted by molar-refractivity contribution is 6.01. The van der Waals surface area contributed by atoms with Crippen molar-refractivity contribution in [2.24, 2.45) is 0 Å². The number of nitrogens with one attached hydrogen (secondary N) is 2. The van der Waals surface area contributed by atoms with Crippen LogP contribution in [0.2, 0.25) is 0 Å². The van der Waals surface area contributed by atoms with Gasteiger partial charge in [0.25, 0.3) is 0 Å². The molecule has 4 rings (SSSR count). The number of urea groups is 1. The minimum atomic E-state index is -0.486. The molecule has 31 heavy (non-hydrogen) atoms. The fourth-order valence-electron chi connectivity index (χ4n) is 4.22. The number of hydrogen-bond donors (Lipinski definition) is 2. The molecule has 2 aromatic rings. The van der Waals surface area contributed by atoms with E-state index in [1.807, 2.05) is 36.4 Å². The SMILES string of the molecule is O=C(CN1C(=O)N(Cc2cccnc2)C(=O)C2NCCCC21)NCCc1ccccc1. The van der Waals surface area contributed by atoms with Gasteiger partial charge in [0.15, 0.2) is 0 Å². The van der Waals surface area contributed by atoms with Gasteiger partial charge in [-0.1, -0.05) is 36.4 Å². The molecule has 2 N–H and O–H groups in total. The molecule has 4 amide bonds. The molecule has 162 valence electrons. The van der Waals surface area contributed by atoms with E-state index in [0.29, 0.717) is 13.0 Å². The lowest BCUT2D eigenvalue weighted by Crippen LogP contribution is -2.70. The second kappa shape index (κ2) is 9.70. The van der Waals surface area contributed by atoms with E-state index >= 15 is 0 Å². The Hall–Kier alpha value is -3.26. The van der Waals surface area contributed by atoms with Gasteiger partial charge in [0.05, 0.1) is 12.6 Å². The van der Waals surface area contributed by atoms with Crippen LogP contribution in [0.4, 0.5) is 4.79 Å². The topological polar surface area (TPSA) is 94.6 Å². The maximum atomic E-state index is 13.2. The number of benzene rings is 1. The van der Waals surface area contributed by atoms with E-state index in [0.717, 1.165) is 30.5 Å². The van der Waals surface area contributed by atoms with Crippen molar-refractivity contribution in [2.45, 2.75) is 37.9 Å². The molecule has 2 atom stereocenters. The van der Waals surface area contributed by atoms with Gasteiger partial charge in [-0.3, -0.25) is 19.5 Å². The maximum Gasteiger partial charge on any atom is 0.327 e. The van der Waals surface area contributed by atoms with Crippen molar-refractivity contribution in [1.29, 1.82) is 0 Å². The summed E-state index contributed by atoms with van der Waals surface area (Å²) in [6.07, 6.45) is 5.57. The summed E-state index contributed by atoms with van der Waals surface area (Å²) < 4.78 is 0. The smallest absolute Gasteiger partial charge is 0.327 e. The largest absolute Gasteiger partial charge is 0.354 e. The van der Waals surface area contributed by atoms with Crippen LogP contribution in [0.5, 0.6) is 0 Å². The first-order valence-electron chi connectivity index (χ1n) is 10.7. The first kappa shape index (κ1) is 21.0. The lowest BCUT2D eigenvalue weighted by atomic mass is 9.93. The molecule has 2 unspecified atom stereocenters. The molecule has 1 aromatic carbocycles. The van der Waals surface area contributed by atoms with Gasteiger partial charge in [-0.25, -0.2) is 4.79 Å². The van der Waals surface area contributed by atoms with Crippen LogP contribution in [-0.4, -0.2) is 64.3 Å². The summed E-state index contributed by atoms with van der Waals surface area (Å²) in [6, 6.07) is 12.3.